The largest absolute Gasteiger partial charge is 0.307 e. The van der Waals surface area contributed by atoms with Crippen molar-refractivity contribution in [2.24, 2.45) is 0 Å². The second-order valence-corrected chi connectivity index (χ2v) is 5.44. The summed E-state index contributed by atoms with van der Waals surface area (Å²) in [6, 6.07) is 5.50. The summed E-state index contributed by atoms with van der Waals surface area (Å²) in [5, 5.41) is 20.1. The SMILES string of the molecule is Cc1c(-c2nnc(CBr)n2C2CC2)cccc1[N+](=O)[O-]. The van der Waals surface area contributed by atoms with E-state index in [1.165, 1.54) is 6.07 Å². The molecular formula is C13H13BrN4O2. The van der Waals surface area contributed by atoms with Crippen molar-refractivity contribution >= 4 is 21.6 Å². The average molecular weight is 337 g/mol. The summed E-state index contributed by atoms with van der Waals surface area (Å²) in [5.41, 5.74) is 1.53. The van der Waals surface area contributed by atoms with E-state index in [1.807, 2.05) is 6.07 Å². The van der Waals surface area contributed by atoms with E-state index in [9.17, 15) is 10.1 Å². The predicted octanol–water partition coefficient (Wildman–Crippen LogP) is 3.39. The van der Waals surface area contributed by atoms with E-state index >= 15 is 0 Å². The molecule has 0 saturated heterocycles. The van der Waals surface area contributed by atoms with E-state index in [0.29, 0.717) is 16.9 Å². The molecule has 1 aromatic heterocycles. The fourth-order valence-corrected chi connectivity index (χ4v) is 2.76. The number of rotatable bonds is 4. The minimum Gasteiger partial charge on any atom is -0.307 e. The fourth-order valence-electron chi connectivity index (χ4n) is 2.38. The minimum absolute atomic E-state index is 0.119. The van der Waals surface area contributed by atoms with Crippen molar-refractivity contribution in [2.75, 3.05) is 0 Å². The molecule has 3 rings (SSSR count). The Balaban J connectivity index is 2.16. The van der Waals surface area contributed by atoms with Crippen molar-refractivity contribution in [1.82, 2.24) is 14.8 Å². The Labute approximate surface area is 124 Å². The first-order valence-corrected chi connectivity index (χ1v) is 7.49. The smallest absolute Gasteiger partial charge is 0.273 e. The number of nitrogens with zero attached hydrogens (tertiary/aromatic N) is 4. The van der Waals surface area contributed by atoms with Gasteiger partial charge in [-0.3, -0.25) is 10.1 Å². The third-order valence-corrected chi connectivity index (χ3v) is 4.04. The van der Waals surface area contributed by atoms with Crippen LogP contribution in [-0.4, -0.2) is 19.7 Å². The summed E-state index contributed by atoms with van der Waals surface area (Å²) >= 11 is 3.41. The molecule has 0 amide bonds. The summed E-state index contributed by atoms with van der Waals surface area (Å²) < 4.78 is 2.10. The van der Waals surface area contributed by atoms with Crippen LogP contribution in [0.3, 0.4) is 0 Å². The van der Waals surface area contributed by atoms with Gasteiger partial charge in [-0.2, -0.15) is 0 Å². The summed E-state index contributed by atoms with van der Waals surface area (Å²) in [6.45, 7) is 1.76. The molecule has 0 aliphatic heterocycles. The summed E-state index contributed by atoms with van der Waals surface area (Å²) in [5.74, 6) is 1.59. The van der Waals surface area contributed by atoms with Crippen molar-refractivity contribution in [2.45, 2.75) is 31.1 Å². The van der Waals surface area contributed by atoms with E-state index < -0.39 is 0 Å². The molecule has 1 saturated carbocycles. The number of hydrogen-bond acceptors (Lipinski definition) is 4. The first-order chi connectivity index (χ1) is 9.63. The summed E-state index contributed by atoms with van der Waals surface area (Å²) in [6.07, 6.45) is 2.22. The molecule has 0 N–H and O–H groups in total. The second kappa shape index (κ2) is 4.97. The lowest BCUT2D eigenvalue weighted by Gasteiger charge is -2.09. The van der Waals surface area contributed by atoms with Gasteiger partial charge in [-0.25, -0.2) is 0 Å². The van der Waals surface area contributed by atoms with Gasteiger partial charge in [0.05, 0.1) is 10.3 Å². The lowest BCUT2D eigenvalue weighted by molar-refractivity contribution is -0.385. The fraction of sp³-hybridized carbons (Fsp3) is 0.385. The maximum Gasteiger partial charge on any atom is 0.273 e. The predicted molar refractivity (Wildman–Crippen MR) is 77.8 cm³/mol. The Morgan fingerprint density at radius 3 is 2.80 bits per heavy atom. The number of alkyl halides is 1. The zero-order valence-corrected chi connectivity index (χ0v) is 12.5. The van der Waals surface area contributed by atoms with Gasteiger partial charge < -0.3 is 4.57 Å². The molecule has 104 valence electrons. The Bertz CT molecular complexity index is 679. The van der Waals surface area contributed by atoms with Crippen LogP contribution in [0.5, 0.6) is 0 Å². The third-order valence-electron chi connectivity index (χ3n) is 3.54. The van der Waals surface area contributed by atoms with E-state index in [0.717, 1.165) is 30.1 Å². The van der Waals surface area contributed by atoms with Crippen molar-refractivity contribution in [3.05, 3.63) is 39.7 Å². The number of hydrogen-bond donors (Lipinski definition) is 0. The molecule has 0 atom stereocenters. The topological polar surface area (TPSA) is 73.8 Å². The van der Waals surface area contributed by atoms with Crippen LogP contribution >= 0.6 is 15.9 Å². The normalized spacial score (nSPS) is 14.5. The molecule has 1 fully saturated rings. The van der Waals surface area contributed by atoms with Crippen molar-refractivity contribution < 1.29 is 4.92 Å². The Hall–Kier alpha value is -1.76. The highest BCUT2D eigenvalue weighted by molar-refractivity contribution is 9.08. The van der Waals surface area contributed by atoms with Gasteiger partial charge in [0.1, 0.15) is 5.82 Å². The van der Waals surface area contributed by atoms with Gasteiger partial charge in [-0.1, -0.05) is 28.1 Å². The van der Waals surface area contributed by atoms with Crippen LogP contribution in [0, 0.1) is 17.0 Å². The maximum atomic E-state index is 11.1. The van der Waals surface area contributed by atoms with Gasteiger partial charge in [-0.15, -0.1) is 10.2 Å². The molecular weight excluding hydrogens is 324 g/mol. The van der Waals surface area contributed by atoms with Crippen LogP contribution in [0.15, 0.2) is 18.2 Å². The molecule has 2 aromatic rings. The lowest BCUT2D eigenvalue weighted by atomic mass is 10.1. The molecule has 0 unspecified atom stereocenters. The zero-order chi connectivity index (χ0) is 14.3. The van der Waals surface area contributed by atoms with Gasteiger partial charge in [0.15, 0.2) is 5.82 Å². The van der Waals surface area contributed by atoms with Gasteiger partial charge in [-0.05, 0) is 19.8 Å². The van der Waals surface area contributed by atoms with Crippen LogP contribution in [0.1, 0.15) is 30.3 Å². The van der Waals surface area contributed by atoms with Crippen molar-refractivity contribution in [3.63, 3.8) is 0 Å². The van der Waals surface area contributed by atoms with Crippen molar-refractivity contribution in [1.29, 1.82) is 0 Å². The number of halogens is 1. The van der Waals surface area contributed by atoms with Gasteiger partial charge in [0.2, 0.25) is 0 Å². The number of nitro groups is 1. The number of benzene rings is 1. The molecule has 0 spiro atoms. The quantitative estimate of drug-likeness (QED) is 0.487. The lowest BCUT2D eigenvalue weighted by Crippen LogP contribution is -2.03. The standard InChI is InChI=1S/C13H13BrN4O2/c1-8-10(3-2-4-11(8)18(19)20)13-16-15-12(7-14)17(13)9-5-6-9/h2-4,9H,5-7H2,1H3. The van der Waals surface area contributed by atoms with Gasteiger partial charge in [0, 0.05) is 23.2 Å². The molecule has 7 heteroatoms. The van der Waals surface area contributed by atoms with Crippen molar-refractivity contribution in [3.8, 4) is 11.4 Å². The van der Waals surface area contributed by atoms with E-state index in [4.69, 9.17) is 0 Å². The summed E-state index contributed by atoms with van der Waals surface area (Å²) in [4.78, 5) is 10.7. The van der Waals surface area contributed by atoms with E-state index in [2.05, 4.69) is 30.7 Å². The second-order valence-electron chi connectivity index (χ2n) is 4.88. The first-order valence-electron chi connectivity index (χ1n) is 6.37. The third kappa shape index (κ3) is 2.11. The zero-order valence-electron chi connectivity index (χ0n) is 10.9. The van der Waals surface area contributed by atoms with Crippen LogP contribution in [-0.2, 0) is 5.33 Å². The summed E-state index contributed by atoms with van der Waals surface area (Å²) in [7, 11) is 0. The van der Waals surface area contributed by atoms with E-state index in [1.54, 1.807) is 13.0 Å². The Kier molecular flexibility index (Phi) is 3.29. The van der Waals surface area contributed by atoms with E-state index in [-0.39, 0.29) is 10.6 Å². The number of aromatic nitrogens is 3. The highest BCUT2D eigenvalue weighted by Gasteiger charge is 2.30. The molecule has 1 aromatic carbocycles. The molecule has 20 heavy (non-hydrogen) atoms. The molecule has 1 aliphatic rings. The molecule has 6 nitrogen and oxygen atoms in total. The Morgan fingerprint density at radius 2 is 2.20 bits per heavy atom. The van der Waals surface area contributed by atoms with Crippen LogP contribution < -0.4 is 0 Å². The highest BCUT2D eigenvalue weighted by Crippen LogP contribution is 2.40. The minimum atomic E-state index is -0.359. The first kappa shape index (κ1) is 13.2. The Morgan fingerprint density at radius 1 is 1.45 bits per heavy atom. The van der Waals surface area contributed by atoms with Crippen LogP contribution in [0.2, 0.25) is 0 Å². The maximum absolute atomic E-state index is 11.1. The van der Waals surface area contributed by atoms with Crippen LogP contribution in [0.4, 0.5) is 5.69 Å². The molecule has 1 heterocycles. The molecule has 0 radical (unpaired) electrons. The molecule has 1 aliphatic carbocycles. The number of nitro benzene ring substituents is 1. The average Bonchev–Trinajstić information content (AvgIpc) is 3.18. The molecule has 0 bridgehead atoms. The van der Waals surface area contributed by atoms with Crippen LogP contribution in [0.25, 0.3) is 11.4 Å². The van der Waals surface area contributed by atoms with Gasteiger partial charge in [0.25, 0.3) is 5.69 Å². The highest BCUT2D eigenvalue weighted by atomic mass is 79.9. The monoisotopic (exact) mass is 336 g/mol. The van der Waals surface area contributed by atoms with Gasteiger partial charge >= 0.3 is 0 Å².